The van der Waals surface area contributed by atoms with Crippen molar-refractivity contribution in [2.45, 2.75) is 20.5 Å². The van der Waals surface area contributed by atoms with Gasteiger partial charge in [0.2, 0.25) is 5.78 Å². The molecule has 0 fully saturated rings. The molecule has 0 atom stereocenters. The number of allylic oxidation sites excluding steroid dienone is 1. The number of nitro benzene ring substituents is 1. The first-order chi connectivity index (χ1) is 14.4. The van der Waals surface area contributed by atoms with Gasteiger partial charge in [0.05, 0.1) is 10.5 Å². The van der Waals surface area contributed by atoms with Crippen LogP contribution in [0.1, 0.15) is 32.6 Å². The third kappa shape index (κ3) is 3.93. The number of fused-ring (bicyclic) bond motifs is 1. The summed E-state index contributed by atoms with van der Waals surface area (Å²) in [5.74, 6) is 0.987. The van der Waals surface area contributed by atoms with E-state index in [1.54, 1.807) is 36.4 Å². The Labute approximate surface area is 173 Å². The van der Waals surface area contributed by atoms with Crippen LogP contribution < -0.4 is 9.47 Å². The van der Waals surface area contributed by atoms with E-state index in [4.69, 9.17) is 9.47 Å². The van der Waals surface area contributed by atoms with Crippen molar-refractivity contribution in [1.29, 1.82) is 0 Å². The second kappa shape index (κ2) is 7.83. The van der Waals surface area contributed by atoms with Gasteiger partial charge in [0, 0.05) is 18.2 Å². The van der Waals surface area contributed by atoms with E-state index < -0.39 is 4.92 Å². The number of rotatable bonds is 5. The molecule has 0 N–H and O–H groups in total. The molecule has 0 aromatic heterocycles. The molecule has 1 heterocycles. The highest BCUT2D eigenvalue weighted by Gasteiger charge is 2.27. The maximum Gasteiger partial charge on any atom is 0.269 e. The topological polar surface area (TPSA) is 78.7 Å². The van der Waals surface area contributed by atoms with Gasteiger partial charge in [0.1, 0.15) is 18.1 Å². The predicted octanol–water partition coefficient (Wildman–Crippen LogP) is 5.41. The number of hydrogen-bond donors (Lipinski definition) is 0. The molecule has 0 amide bonds. The Morgan fingerprint density at radius 1 is 1.03 bits per heavy atom. The van der Waals surface area contributed by atoms with E-state index in [1.807, 2.05) is 13.8 Å². The van der Waals surface area contributed by atoms with Crippen LogP contribution in [0.3, 0.4) is 0 Å². The SMILES string of the molecule is Cc1ccc(C)c(COc2ccc3c(c2)O/C(=C/c2ccc([N+](=O)[O-])cc2)C3=O)c1. The maximum absolute atomic E-state index is 12.6. The standard InChI is InChI=1S/C24H19NO5/c1-15-3-4-16(2)18(11-15)14-29-20-9-10-21-22(13-20)30-23(24(21)26)12-17-5-7-19(8-6-17)25(27)28/h3-13H,14H2,1-2H3/b23-12+. The summed E-state index contributed by atoms with van der Waals surface area (Å²) in [5, 5.41) is 10.8. The minimum absolute atomic E-state index is 0.00950. The molecule has 3 aromatic carbocycles. The Morgan fingerprint density at radius 2 is 1.80 bits per heavy atom. The fourth-order valence-corrected chi connectivity index (χ4v) is 3.22. The molecule has 6 nitrogen and oxygen atoms in total. The molecule has 4 rings (SSSR count). The molecule has 1 aliphatic rings. The third-order valence-electron chi connectivity index (χ3n) is 4.94. The van der Waals surface area contributed by atoms with Gasteiger partial charge in [-0.15, -0.1) is 0 Å². The molecule has 0 aliphatic carbocycles. The molecule has 6 heteroatoms. The molecule has 3 aromatic rings. The Hall–Kier alpha value is -3.93. The van der Waals surface area contributed by atoms with Crippen LogP contribution >= 0.6 is 0 Å². The summed E-state index contributed by atoms with van der Waals surface area (Å²) >= 11 is 0. The minimum Gasteiger partial charge on any atom is -0.489 e. The molecule has 0 bridgehead atoms. The van der Waals surface area contributed by atoms with E-state index in [2.05, 4.69) is 18.2 Å². The van der Waals surface area contributed by atoms with Gasteiger partial charge in [-0.3, -0.25) is 14.9 Å². The predicted molar refractivity (Wildman–Crippen MR) is 113 cm³/mol. The number of ketones is 1. The Balaban J connectivity index is 1.50. The second-order valence-electron chi connectivity index (χ2n) is 7.16. The van der Waals surface area contributed by atoms with Crippen LogP contribution in [0.5, 0.6) is 11.5 Å². The van der Waals surface area contributed by atoms with Gasteiger partial charge in [-0.2, -0.15) is 0 Å². The number of carbonyl (C=O) groups excluding carboxylic acids is 1. The van der Waals surface area contributed by atoms with Crippen LogP contribution in [0.25, 0.3) is 6.08 Å². The number of hydrogen-bond acceptors (Lipinski definition) is 5. The lowest BCUT2D eigenvalue weighted by atomic mass is 10.1. The van der Waals surface area contributed by atoms with Gasteiger partial charge >= 0.3 is 0 Å². The number of aryl methyl sites for hydroxylation is 2. The molecule has 0 saturated carbocycles. The second-order valence-corrected chi connectivity index (χ2v) is 7.16. The van der Waals surface area contributed by atoms with Gasteiger partial charge in [-0.1, -0.05) is 23.8 Å². The lowest BCUT2D eigenvalue weighted by Gasteiger charge is -2.10. The largest absolute Gasteiger partial charge is 0.489 e. The first-order valence-electron chi connectivity index (χ1n) is 9.42. The van der Waals surface area contributed by atoms with Crippen molar-refractivity contribution >= 4 is 17.5 Å². The Kier molecular flexibility index (Phi) is 5.06. The van der Waals surface area contributed by atoms with E-state index in [0.29, 0.717) is 29.2 Å². The molecule has 150 valence electrons. The zero-order valence-corrected chi connectivity index (χ0v) is 16.5. The van der Waals surface area contributed by atoms with Crippen LogP contribution in [0.15, 0.2) is 66.4 Å². The van der Waals surface area contributed by atoms with E-state index in [9.17, 15) is 14.9 Å². The number of benzene rings is 3. The summed E-state index contributed by atoms with van der Waals surface area (Å²) in [5.41, 5.74) is 4.52. The number of nitrogens with zero attached hydrogens (tertiary/aromatic N) is 1. The van der Waals surface area contributed by atoms with Crippen LogP contribution in [0.2, 0.25) is 0 Å². The van der Waals surface area contributed by atoms with Crippen molar-refractivity contribution in [3.8, 4) is 11.5 Å². The van der Waals surface area contributed by atoms with E-state index in [0.717, 1.165) is 11.1 Å². The average molecular weight is 401 g/mol. The highest BCUT2D eigenvalue weighted by atomic mass is 16.6. The van der Waals surface area contributed by atoms with Crippen LogP contribution in [0.4, 0.5) is 5.69 Å². The summed E-state index contributed by atoms with van der Waals surface area (Å²) in [7, 11) is 0. The molecule has 0 radical (unpaired) electrons. The quantitative estimate of drug-likeness (QED) is 0.325. The first kappa shape index (κ1) is 19.4. The lowest BCUT2D eigenvalue weighted by Crippen LogP contribution is -1.99. The van der Waals surface area contributed by atoms with Gasteiger partial charge < -0.3 is 9.47 Å². The van der Waals surface area contributed by atoms with E-state index in [-0.39, 0.29) is 17.2 Å². The molecule has 0 spiro atoms. The molecule has 30 heavy (non-hydrogen) atoms. The lowest BCUT2D eigenvalue weighted by molar-refractivity contribution is -0.384. The molecular weight excluding hydrogens is 382 g/mol. The number of Topliss-reactive ketones (excluding diaryl/α,β-unsaturated/α-hetero) is 1. The van der Waals surface area contributed by atoms with E-state index >= 15 is 0 Å². The summed E-state index contributed by atoms with van der Waals surface area (Å²) in [6, 6.07) is 17.3. The van der Waals surface area contributed by atoms with Crippen molar-refractivity contribution < 1.29 is 19.2 Å². The fraction of sp³-hybridized carbons (Fsp3) is 0.125. The minimum atomic E-state index is -0.468. The smallest absolute Gasteiger partial charge is 0.269 e. The monoisotopic (exact) mass is 401 g/mol. The zero-order chi connectivity index (χ0) is 21.3. The van der Waals surface area contributed by atoms with Crippen molar-refractivity contribution in [3.63, 3.8) is 0 Å². The number of ether oxygens (including phenoxy) is 2. The van der Waals surface area contributed by atoms with E-state index in [1.165, 1.54) is 17.7 Å². The fourth-order valence-electron chi connectivity index (χ4n) is 3.22. The van der Waals surface area contributed by atoms with Crippen molar-refractivity contribution in [3.05, 3.63) is 104 Å². The van der Waals surface area contributed by atoms with Crippen molar-refractivity contribution in [1.82, 2.24) is 0 Å². The van der Waals surface area contributed by atoms with Crippen molar-refractivity contribution in [2.75, 3.05) is 0 Å². The van der Waals surface area contributed by atoms with Crippen molar-refractivity contribution in [2.24, 2.45) is 0 Å². The molecule has 0 unspecified atom stereocenters. The Bertz CT molecular complexity index is 1180. The van der Waals surface area contributed by atoms with Crippen LogP contribution in [-0.4, -0.2) is 10.7 Å². The van der Waals surface area contributed by atoms with Gasteiger partial charge in [-0.25, -0.2) is 0 Å². The molecule has 1 aliphatic heterocycles. The summed E-state index contributed by atoms with van der Waals surface area (Å²) in [6.07, 6.45) is 1.57. The number of carbonyl (C=O) groups is 1. The van der Waals surface area contributed by atoms with Crippen LogP contribution in [-0.2, 0) is 6.61 Å². The third-order valence-corrected chi connectivity index (χ3v) is 4.94. The molecular formula is C24H19NO5. The highest BCUT2D eigenvalue weighted by Crippen LogP contribution is 2.35. The normalized spacial score (nSPS) is 13.8. The zero-order valence-electron chi connectivity index (χ0n) is 16.5. The number of non-ortho nitro benzene ring substituents is 1. The molecule has 0 saturated heterocycles. The summed E-state index contributed by atoms with van der Waals surface area (Å²) in [6.45, 7) is 4.50. The maximum atomic E-state index is 12.6. The summed E-state index contributed by atoms with van der Waals surface area (Å²) < 4.78 is 11.6. The van der Waals surface area contributed by atoms with Gasteiger partial charge in [-0.05, 0) is 60.9 Å². The number of nitro groups is 1. The van der Waals surface area contributed by atoms with Crippen LogP contribution in [0, 0.1) is 24.0 Å². The Morgan fingerprint density at radius 3 is 2.53 bits per heavy atom. The summed E-state index contributed by atoms with van der Waals surface area (Å²) in [4.78, 5) is 22.9. The first-order valence-corrected chi connectivity index (χ1v) is 9.42. The van der Waals surface area contributed by atoms with Gasteiger partial charge in [0.25, 0.3) is 5.69 Å². The van der Waals surface area contributed by atoms with Gasteiger partial charge in [0.15, 0.2) is 5.76 Å². The average Bonchev–Trinajstić information content (AvgIpc) is 3.04. The highest BCUT2D eigenvalue weighted by molar-refractivity contribution is 6.14.